The molecule has 0 spiro atoms. The summed E-state index contributed by atoms with van der Waals surface area (Å²) in [4.78, 5) is 0. The van der Waals surface area contributed by atoms with Crippen LogP contribution in [0, 0.1) is 63.7 Å². The van der Waals surface area contributed by atoms with Crippen LogP contribution in [0.25, 0.3) is 10.8 Å². The molecule has 1 nitrogen and oxygen atoms in total. The Kier molecular flexibility index (Phi) is 7.62. The average Bonchev–Trinajstić information content (AvgIpc) is 3.29. The van der Waals surface area contributed by atoms with E-state index in [9.17, 15) is 0 Å². The van der Waals surface area contributed by atoms with Gasteiger partial charge in [-0.25, -0.2) is 0 Å². The van der Waals surface area contributed by atoms with Crippen molar-refractivity contribution in [1.29, 1.82) is 0 Å². The summed E-state index contributed by atoms with van der Waals surface area (Å²) in [6.45, 7) is 0. The maximum atomic E-state index is 6.25. The van der Waals surface area contributed by atoms with Gasteiger partial charge >= 0.3 is 17.1 Å². The fourth-order valence-electron chi connectivity index (χ4n) is 2.51. The van der Waals surface area contributed by atoms with E-state index in [1.165, 1.54) is 16.7 Å². The number of fused-ring (bicyclic) bond motifs is 1. The zero-order valence-corrected chi connectivity index (χ0v) is 13.9. The van der Waals surface area contributed by atoms with Crippen molar-refractivity contribution >= 4 is 10.8 Å². The van der Waals surface area contributed by atoms with E-state index in [1.54, 1.807) is 0 Å². The molecule has 2 saturated carbocycles. The molecule has 2 aliphatic carbocycles. The molecule has 0 aliphatic heterocycles. The molecular formula is C21H19FeN+2. The van der Waals surface area contributed by atoms with Gasteiger partial charge in [0.05, 0.1) is 0 Å². The van der Waals surface area contributed by atoms with Crippen molar-refractivity contribution in [1.82, 2.24) is 0 Å². The van der Waals surface area contributed by atoms with Crippen LogP contribution in [0.2, 0.25) is 0 Å². The molecule has 0 amide bonds. The fraction of sp³-hybridized carbons (Fsp3) is 0.0476. The molecule has 2 aliphatic rings. The normalized spacial score (nSPS) is 19.0. The second-order valence-electron chi connectivity index (χ2n) is 5.26. The molecule has 2 heteroatoms. The predicted octanol–water partition coefficient (Wildman–Crippen LogP) is 4.26. The SMILES string of the molecule is N[C@@H]([C]1[CH][CH][CH][CH]1)c1ccc2ccccc2c1.[CH]1[CH][CH][CH][CH]1.[Fe+2]. The average molecular weight is 341 g/mol. The molecule has 0 bridgehead atoms. The van der Waals surface area contributed by atoms with E-state index in [0.717, 1.165) is 5.56 Å². The maximum absolute atomic E-state index is 6.25. The van der Waals surface area contributed by atoms with Crippen LogP contribution in [0.4, 0.5) is 0 Å². The Morgan fingerprint density at radius 2 is 1.22 bits per heavy atom. The number of rotatable bonds is 2. The van der Waals surface area contributed by atoms with Gasteiger partial charge in [0.25, 0.3) is 0 Å². The van der Waals surface area contributed by atoms with Crippen molar-refractivity contribution in [3.63, 3.8) is 0 Å². The van der Waals surface area contributed by atoms with E-state index in [0.29, 0.717) is 0 Å². The summed E-state index contributed by atoms with van der Waals surface area (Å²) < 4.78 is 0. The van der Waals surface area contributed by atoms with Crippen molar-refractivity contribution in [2.24, 2.45) is 5.73 Å². The van der Waals surface area contributed by atoms with Gasteiger partial charge in [-0.1, -0.05) is 36.4 Å². The van der Waals surface area contributed by atoms with Crippen LogP contribution in [0.3, 0.4) is 0 Å². The second kappa shape index (κ2) is 9.47. The molecule has 0 aromatic heterocycles. The molecule has 2 fully saturated rings. The third-order valence-corrected chi connectivity index (χ3v) is 3.74. The standard InChI is InChI=1S/C16H14N.C5H5.Fe/c17-16(13-6-2-3-7-13)15-10-9-12-5-1-4-8-14(12)11-15;1-2-4-5-3-1;/h1-11,16H,17H2;1-5H;/q;;+2/t16-;;/m0../s1. The van der Waals surface area contributed by atoms with E-state index in [4.69, 9.17) is 5.73 Å². The minimum atomic E-state index is -0.0328. The number of benzene rings is 2. The zero-order chi connectivity index (χ0) is 15.2. The fourth-order valence-corrected chi connectivity index (χ4v) is 2.51. The summed E-state index contributed by atoms with van der Waals surface area (Å²) in [6.07, 6.45) is 18.2. The third kappa shape index (κ3) is 5.08. The first kappa shape index (κ1) is 18.5. The summed E-state index contributed by atoms with van der Waals surface area (Å²) in [5.74, 6) is 1.17. The second-order valence-corrected chi connectivity index (χ2v) is 5.26. The summed E-state index contributed by atoms with van der Waals surface area (Å²) in [6, 6.07) is 14.7. The maximum Gasteiger partial charge on any atom is 2.00 e. The Bertz CT molecular complexity index is 578. The molecule has 1 atom stereocenters. The molecule has 0 unspecified atom stereocenters. The van der Waals surface area contributed by atoms with Crippen LogP contribution in [-0.4, -0.2) is 0 Å². The van der Waals surface area contributed by atoms with E-state index in [1.807, 2.05) is 44.9 Å². The zero-order valence-electron chi connectivity index (χ0n) is 12.7. The first-order valence-electron chi connectivity index (χ1n) is 7.47. The van der Waals surface area contributed by atoms with E-state index in [-0.39, 0.29) is 23.1 Å². The van der Waals surface area contributed by atoms with Crippen LogP contribution in [0.1, 0.15) is 11.6 Å². The van der Waals surface area contributed by atoms with Gasteiger partial charge in [-0.15, -0.1) is 0 Å². The van der Waals surface area contributed by atoms with Gasteiger partial charge in [0.15, 0.2) is 0 Å². The number of hydrogen-bond donors (Lipinski definition) is 1. The van der Waals surface area contributed by atoms with E-state index in [2.05, 4.69) is 55.3 Å². The Balaban J connectivity index is 0.000000276. The minimum Gasteiger partial charge on any atom is -0.323 e. The van der Waals surface area contributed by atoms with Crippen molar-refractivity contribution < 1.29 is 17.1 Å². The van der Waals surface area contributed by atoms with Crippen molar-refractivity contribution in [3.8, 4) is 0 Å². The van der Waals surface area contributed by atoms with Gasteiger partial charge in [-0.05, 0) is 80.2 Å². The molecule has 23 heavy (non-hydrogen) atoms. The Labute approximate surface area is 151 Å². The summed E-state index contributed by atoms with van der Waals surface area (Å²) in [5, 5.41) is 2.50. The van der Waals surface area contributed by atoms with Crippen LogP contribution in [0.15, 0.2) is 42.5 Å². The topological polar surface area (TPSA) is 26.0 Å². The molecular weight excluding hydrogens is 322 g/mol. The summed E-state index contributed by atoms with van der Waals surface area (Å²) in [5.41, 5.74) is 7.41. The van der Waals surface area contributed by atoms with Crippen LogP contribution in [0.5, 0.6) is 0 Å². The van der Waals surface area contributed by atoms with Crippen LogP contribution >= 0.6 is 0 Å². The first-order valence-corrected chi connectivity index (χ1v) is 7.47. The smallest absolute Gasteiger partial charge is 0.323 e. The molecule has 2 aromatic rings. The van der Waals surface area contributed by atoms with Gasteiger partial charge < -0.3 is 5.73 Å². The number of hydrogen-bond acceptors (Lipinski definition) is 1. The van der Waals surface area contributed by atoms with Gasteiger partial charge in [0, 0.05) is 12.0 Å². The molecule has 0 saturated heterocycles. The molecule has 10 radical (unpaired) electrons. The van der Waals surface area contributed by atoms with E-state index < -0.39 is 0 Å². The van der Waals surface area contributed by atoms with Crippen LogP contribution in [-0.2, 0) is 17.1 Å². The van der Waals surface area contributed by atoms with Gasteiger partial charge in [0.1, 0.15) is 0 Å². The quantitative estimate of drug-likeness (QED) is 0.812. The van der Waals surface area contributed by atoms with Crippen LogP contribution < -0.4 is 5.73 Å². The first-order chi connectivity index (χ1) is 10.8. The molecule has 2 aromatic carbocycles. The molecule has 0 heterocycles. The largest absolute Gasteiger partial charge is 2.00 e. The molecule has 4 rings (SSSR count). The Morgan fingerprint density at radius 3 is 1.83 bits per heavy atom. The summed E-state index contributed by atoms with van der Waals surface area (Å²) in [7, 11) is 0. The molecule has 114 valence electrons. The predicted molar refractivity (Wildman–Crippen MR) is 92.8 cm³/mol. The Morgan fingerprint density at radius 1 is 0.652 bits per heavy atom. The number of nitrogens with two attached hydrogens (primary N) is 1. The van der Waals surface area contributed by atoms with Gasteiger partial charge in [-0.3, -0.25) is 0 Å². The monoisotopic (exact) mass is 341 g/mol. The minimum absolute atomic E-state index is 0. The van der Waals surface area contributed by atoms with Crippen molar-refractivity contribution in [2.75, 3.05) is 0 Å². The van der Waals surface area contributed by atoms with Gasteiger partial charge in [0.2, 0.25) is 0 Å². The third-order valence-electron chi connectivity index (χ3n) is 3.74. The summed E-state index contributed by atoms with van der Waals surface area (Å²) >= 11 is 0. The van der Waals surface area contributed by atoms with Crippen molar-refractivity contribution in [2.45, 2.75) is 6.04 Å². The van der Waals surface area contributed by atoms with Gasteiger partial charge in [-0.2, -0.15) is 0 Å². The Hall–Kier alpha value is -0.821. The molecule has 2 N–H and O–H groups in total. The van der Waals surface area contributed by atoms with Crippen molar-refractivity contribution in [3.05, 3.63) is 112 Å². The van der Waals surface area contributed by atoms with E-state index >= 15 is 0 Å².